The van der Waals surface area contributed by atoms with E-state index in [1.54, 1.807) is 18.2 Å². The third-order valence-electron chi connectivity index (χ3n) is 2.65. The van der Waals surface area contributed by atoms with E-state index in [-0.39, 0.29) is 24.0 Å². The number of rotatable bonds is 4. The Labute approximate surface area is 138 Å². The summed E-state index contributed by atoms with van der Waals surface area (Å²) in [5.74, 6) is 5.61. The first kappa shape index (κ1) is 16.4. The van der Waals surface area contributed by atoms with Crippen LogP contribution >= 0.6 is 23.4 Å². The Hall–Kier alpha value is -1.96. The minimum Gasteiger partial charge on any atom is -0.344 e. The monoisotopic (exact) mass is 333 g/mol. The van der Waals surface area contributed by atoms with Gasteiger partial charge in [-0.25, -0.2) is 4.39 Å². The quantitative estimate of drug-likeness (QED) is 0.682. The van der Waals surface area contributed by atoms with Crippen LogP contribution in [0.2, 0.25) is 5.02 Å². The summed E-state index contributed by atoms with van der Waals surface area (Å²) < 4.78 is 12.7. The van der Waals surface area contributed by atoms with Crippen molar-refractivity contribution in [1.29, 1.82) is 0 Å². The number of nitrogens with one attached hydrogen (secondary N) is 1. The number of hydrogen-bond acceptors (Lipinski definition) is 2. The smallest absolute Gasteiger partial charge is 0.231 e. The van der Waals surface area contributed by atoms with Crippen molar-refractivity contribution in [2.45, 2.75) is 4.90 Å². The average Bonchev–Trinajstić information content (AvgIpc) is 2.52. The van der Waals surface area contributed by atoms with E-state index in [4.69, 9.17) is 11.6 Å². The van der Waals surface area contributed by atoms with Crippen molar-refractivity contribution in [3.63, 3.8) is 0 Å². The summed E-state index contributed by atoms with van der Waals surface area (Å²) in [5, 5.41) is 3.29. The molecule has 2 aromatic rings. The van der Waals surface area contributed by atoms with Crippen LogP contribution < -0.4 is 5.32 Å². The van der Waals surface area contributed by atoms with E-state index in [2.05, 4.69) is 17.2 Å². The first-order valence-electron chi connectivity index (χ1n) is 6.53. The first-order valence-corrected chi connectivity index (χ1v) is 7.90. The summed E-state index contributed by atoms with van der Waals surface area (Å²) in [6.07, 6.45) is 0. The molecule has 0 fully saturated rings. The number of benzene rings is 2. The van der Waals surface area contributed by atoms with E-state index in [1.807, 2.05) is 18.2 Å². The standard InChI is InChI=1S/C17H13ClFNOS/c18-16-6-2-1-4-13(16)5-3-11-20-17(21)12-22-15-9-7-14(19)8-10-15/h1-2,4,6-10H,11-12H2,(H,20,21). The zero-order valence-electron chi connectivity index (χ0n) is 11.6. The fourth-order valence-electron chi connectivity index (χ4n) is 1.58. The number of thioether (sulfide) groups is 1. The minimum atomic E-state index is -0.288. The van der Waals surface area contributed by atoms with Crippen molar-refractivity contribution in [3.8, 4) is 11.8 Å². The molecule has 112 valence electrons. The second-order valence-corrected chi connectivity index (χ2v) is 5.76. The van der Waals surface area contributed by atoms with Crippen LogP contribution in [-0.2, 0) is 4.79 Å². The maximum atomic E-state index is 12.7. The predicted molar refractivity (Wildman–Crippen MR) is 88.5 cm³/mol. The van der Waals surface area contributed by atoms with Crippen molar-refractivity contribution in [2.24, 2.45) is 0 Å². The molecule has 0 unspecified atom stereocenters. The highest BCUT2D eigenvalue weighted by molar-refractivity contribution is 8.00. The van der Waals surface area contributed by atoms with Crippen molar-refractivity contribution >= 4 is 29.3 Å². The van der Waals surface area contributed by atoms with Crippen LogP contribution in [0.3, 0.4) is 0 Å². The number of carbonyl (C=O) groups excluding carboxylic acids is 1. The largest absolute Gasteiger partial charge is 0.344 e. The van der Waals surface area contributed by atoms with Gasteiger partial charge in [-0.05, 0) is 36.4 Å². The van der Waals surface area contributed by atoms with Crippen LogP contribution in [0.1, 0.15) is 5.56 Å². The lowest BCUT2D eigenvalue weighted by Crippen LogP contribution is -2.25. The van der Waals surface area contributed by atoms with Gasteiger partial charge in [0.2, 0.25) is 5.91 Å². The molecule has 0 atom stereocenters. The highest BCUT2D eigenvalue weighted by atomic mass is 35.5. The Morgan fingerprint density at radius 1 is 1.18 bits per heavy atom. The van der Waals surface area contributed by atoms with Gasteiger partial charge in [-0.2, -0.15) is 0 Å². The molecule has 0 heterocycles. The molecule has 22 heavy (non-hydrogen) atoms. The Bertz CT molecular complexity index is 707. The second-order valence-electron chi connectivity index (χ2n) is 4.30. The molecule has 2 aromatic carbocycles. The SMILES string of the molecule is O=C(CSc1ccc(F)cc1)NCC#Cc1ccccc1Cl. The van der Waals surface area contributed by atoms with Gasteiger partial charge < -0.3 is 5.32 Å². The highest BCUT2D eigenvalue weighted by Gasteiger charge is 2.01. The van der Waals surface area contributed by atoms with E-state index in [1.165, 1.54) is 23.9 Å². The molecule has 0 radical (unpaired) electrons. The molecule has 5 heteroatoms. The number of halogens is 2. The molecule has 0 bridgehead atoms. The van der Waals surface area contributed by atoms with Crippen molar-refractivity contribution in [2.75, 3.05) is 12.3 Å². The maximum Gasteiger partial charge on any atom is 0.231 e. The summed E-state index contributed by atoms with van der Waals surface area (Å²) in [5.41, 5.74) is 0.735. The number of amides is 1. The molecule has 0 aliphatic rings. The fourth-order valence-corrected chi connectivity index (χ4v) is 2.49. The topological polar surface area (TPSA) is 29.1 Å². The van der Waals surface area contributed by atoms with Crippen molar-refractivity contribution < 1.29 is 9.18 Å². The summed E-state index contributed by atoms with van der Waals surface area (Å²) in [4.78, 5) is 12.5. The van der Waals surface area contributed by atoms with Gasteiger partial charge in [0.25, 0.3) is 0 Å². The molecule has 0 saturated carbocycles. The van der Waals surface area contributed by atoms with Gasteiger partial charge in [0, 0.05) is 10.5 Å². The van der Waals surface area contributed by atoms with Crippen LogP contribution in [0.15, 0.2) is 53.4 Å². The lowest BCUT2D eigenvalue weighted by molar-refractivity contribution is -0.118. The second kappa shape index (κ2) is 8.47. The molecule has 0 aliphatic carbocycles. The molecule has 2 rings (SSSR count). The third kappa shape index (κ3) is 5.44. The van der Waals surface area contributed by atoms with Gasteiger partial charge in [-0.3, -0.25) is 4.79 Å². The Kier molecular flexibility index (Phi) is 6.32. The van der Waals surface area contributed by atoms with Gasteiger partial charge in [0.1, 0.15) is 5.82 Å². The lowest BCUT2D eigenvalue weighted by Gasteiger charge is -2.02. The highest BCUT2D eigenvalue weighted by Crippen LogP contribution is 2.17. The van der Waals surface area contributed by atoms with E-state index in [0.29, 0.717) is 5.02 Å². The summed E-state index contributed by atoms with van der Waals surface area (Å²) >= 11 is 7.32. The van der Waals surface area contributed by atoms with Gasteiger partial charge in [0.05, 0.1) is 17.3 Å². The summed E-state index contributed by atoms with van der Waals surface area (Å²) in [7, 11) is 0. The van der Waals surface area contributed by atoms with Crippen LogP contribution in [0, 0.1) is 17.7 Å². The zero-order valence-corrected chi connectivity index (χ0v) is 13.2. The molecular formula is C17H13ClFNOS. The van der Waals surface area contributed by atoms with Gasteiger partial charge in [0.15, 0.2) is 0 Å². The lowest BCUT2D eigenvalue weighted by atomic mass is 10.2. The van der Waals surface area contributed by atoms with Crippen LogP contribution in [0.25, 0.3) is 0 Å². The van der Waals surface area contributed by atoms with Crippen molar-refractivity contribution in [3.05, 3.63) is 64.9 Å². The fraction of sp³-hybridized carbons (Fsp3) is 0.118. The van der Waals surface area contributed by atoms with Gasteiger partial charge in [-0.1, -0.05) is 35.6 Å². The Morgan fingerprint density at radius 3 is 2.64 bits per heavy atom. The van der Waals surface area contributed by atoms with Crippen LogP contribution in [-0.4, -0.2) is 18.2 Å². The molecule has 0 spiro atoms. The molecule has 0 aromatic heterocycles. The molecule has 1 N–H and O–H groups in total. The Morgan fingerprint density at radius 2 is 1.91 bits per heavy atom. The first-order chi connectivity index (χ1) is 10.6. The minimum absolute atomic E-state index is 0.122. The summed E-state index contributed by atoms with van der Waals surface area (Å²) in [6, 6.07) is 13.3. The summed E-state index contributed by atoms with van der Waals surface area (Å²) in [6.45, 7) is 0.258. The van der Waals surface area contributed by atoms with Crippen LogP contribution in [0.5, 0.6) is 0 Å². The van der Waals surface area contributed by atoms with Crippen molar-refractivity contribution in [1.82, 2.24) is 5.32 Å². The number of carbonyl (C=O) groups is 1. The normalized spacial score (nSPS) is 9.73. The zero-order chi connectivity index (χ0) is 15.8. The maximum absolute atomic E-state index is 12.7. The molecule has 1 amide bonds. The molecular weight excluding hydrogens is 321 g/mol. The molecule has 2 nitrogen and oxygen atoms in total. The predicted octanol–water partition coefficient (Wildman–Crippen LogP) is 3.74. The van der Waals surface area contributed by atoms with E-state index < -0.39 is 0 Å². The van der Waals surface area contributed by atoms with Gasteiger partial charge in [-0.15, -0.1) is 11.8 Å². The third-order valence-corrected chi connectivity index (χ3v) is 4.00. The molecule has 0 aliphatic heterocycles. The van der Waals surface area contributed by atoms with E-state index in [9.17, 15) is 9.18 Å². The van der Waals surface area contributed by atoms with Crippen LogP contribution in [0.4, 0.5) is 4.39 Å². The average molecular weight is 334 g/mol. The number of hydrogen-bond donors (Lipinski definition) is 1. The van der Waals surface area contributed by atoms with Gasteiger partial charge >= 0.3 is 0 Å². The van der Waals surface area contributed by atoms with E-state index >= 15 is 0 Å². The Balaban J connectivity index is 1.74. The molecule has 0 saturated heterocycles. The van der Waals surface area contributed by atoms with E-state index in [0.717, 1.165) is 10.5 Å².